The van der Waals surface area contributed by atoms with Crippen LogP contribution in [0.5, 0.6) is 0 Å². The summed E-state index contributed by atoms with van der Waals surface area (Å²) in [5.41, 5.74) is 4.66. The average Bonchev–Trinajstić information content (AvgIpc) is 1.64. The number of amides is 3. The van der Waals surface area contributed by atoms with E-state index in [1.807, 2.05) is 0 Å². The highest BCUT2D eigenvalue weighted by molar-refractivity contribution is 9.08. The number of primary amides is 1. The lowest BCUT2D eigenvalue weighted by Gasteiger charge is -2.02. The van der Waals surface area contributed by atoms with E-state index in [4.69, 9.17) is 0 Å². The number of halogens is 1. The predicted molar refractivity (Wildman–Crippen MR) is 31.0 cm³/mol. The third-order valence-electron chi connectivity index (χ3n) is 0.470. The molecule has 0 saturated heterocycles. The summed E-state index contributed by atoms with van der Waals surface area (Å²) < 4.78 is 0.646. The van der Waals surface area contributed by atoms with E-state index in [0.717, 1.165) is 0 Å². The molecule has 3 amide bonds. The van der Waals surface area contributed by atoms with Gasteiger partial charge >= 0.3 is 6.03 Å². The van der Waals surface area contributed by atoms with E-state index in [9.17, 15) is 9.59 Å². The summed E-state index contributed by atoms with van der Waals surface area (Å²) in [5, 5.41) is 0. The summed E-state index contributed by atoms with van der Waals surface area (Å²) in [6.07, 6.45) is 0. The number of nitrogens with zero attached hydrogens (tertiary/aromatic N) is 1. The lowest BCUT2D eigenvalue weighted by Crippen LogP contribution is -2.30. The molecule has 0 aliphatic carbocycles. The topological polar surface area (TPSA) is 63.4 Å². The molecule has 0 rings (SSSR count). The fourth-order valence-corrected chi connectivity index (χ4v) is 0.155. The minimum absolute atomic E-state index is 0.433. The van der Waals surface area contributed by atoms with Crippen molar-refractivity contribution < 1.29 is 9.59 Å². The van der Waals surface area contributed by atoms with Gasteiger partial charge in [0.05, 0.1) is 16.1 Å². The Morgan fingerprint density at radius 1 is 1.62 bits per heavy atom. The van der Waals surface area contributed by atoms with Crippen LogP contribution in [0.1, 0.15) is 6.92 Å². The van der Waals surface area contributed by atoms with Gasteiger partial charge in [-0.05, 0) is 0 Å². The first kappa shape index (κ1) is 7.42. The van der Waals surface area contributed by atoms with Crippen LogP contribution in [0.2, 0.25) is 0 Å². The highest BCUT2D eigenvalue weighted by Crippen LogP contribution is 1.95. The number of hydrogen-bond acceptors (Lipinski definition) is 2. The van der Waals surface area contributed by atoms with Crippen LogP contribution in [-0.2, 0) is 4.79 Å². The molecular weight excluding hydrogens is 176 g/mol. The maximum absolute atomic E-state index is 10.2. The van der Waals surface area contributed by atoms with E-state index in [1.165, 1.54) is 6.92 Å². The minimum atomic E-state index is -0.808. The standard InChI is InChI=1S/C3H5BrN2O2/c1-2(7)6(4)3(5)8/h1H3,(H2,5,8). The molecule has 46 valence electrons. The third-order valence-corrected chi connectivity index (χ3v) is 1.32. The van der Waals surface area contributed by atoms with Crippen molar-refractivity contribution >= 4 is 28.1 Å². The van der Waals surface area contributed by atoms with E-state index < -0.39 is 11.9 Å². The Kier molecular flexibility index (Phi) is 2.47. The van der Waals surface area contributed by atoms with Gasteiger partial charge in [0.15, 0.2) is 0 Å². The van der Waals surface area contributed by atoms with Gasteiger partial charge < -0.3 is 5.73 Å². The van der Waals surface area contributed by atoms with Crippen LogP contribution >= 0.6 is 16.1 Å². The quantitative estimate of drug-likeness (QED) is 0.543. The third kappa shape index (κ3) is 1.92. The fraction of sp³-hybridized carbons (Fsp3) is 0.333. The smallest absolute Gasteiger partial charge is 0.331 e. The van der Waals surface area contributed by atoms with Crippen molar-refractivity contribution in [1.82, 2.24) is 3.93 Å². The molecule has 0 aromatic heterocycles. The Bertz CT molecular complexity index is 110. The number of nitrogens with two attached hydrogens (primary N) is 1. The van der Waals surface area contributed by atoms with E-state index in [2.05, 4.69) is 21.9 Å². The summed E-state index contributed by atoms with van der Waals surface area (Å²) in [7, 11) is 0. The second-order valence-corrected chi connectivity index (χ2v) is 1.85. The normalized spacial score (nSPS) is 8.25. The molecule has 0 saturated carbocycles. The zero-order chi connectivity index (χ0) is 6.73. The first-order chi connectivity index (χ1) is 3.55. The molecule has 0 radical (unpaired) electrons. The van der Waals surface area contributed by atoms with Crippen LogP contribution in [0.15, 0.2) is 0 Å². The van der Waals surface area contributed by atoms with Crippen molar-refractivity contribution in [2.75, 3.05) is 0 Å². The van der Waals surface area contributed by atoms with Gasteiger partial charge in [0.25, 0.3) is 0 Å². The average molecular weight is 181 g/mol. The summed E-state index contributed by atoms with van der Waals surface area (Å²) in [5.74, 6) is -0.433. The molecule has 4 nitrogen and oxygen atoms in total. The largest absolute Gasteiger partial charge is 0.350 e. The van der Waals surface area contributed by atoms with Crippen LogP contribution in [0.25, 0.3) is 0 Å². The molecule has 0 aromatic rings. The Labute approximate surface area is 55.0 Å². The number of rotatable bonds is 0. The lowest BCUT2D eigenvalue weighted by atomic mass is 10.7. The Balaban J connectivity index is 3.83. The second kappa shape index (κ2) is 2.66. The van der Waals surface area contributed by atoms with E-state index in [0.29, 0.717) is 3.93 Å². The monoisotopic (exact) mass is 180 g/mol. The number of hydrogen-bond donors (Lipinski definition) is 1. The number of urea groups is 1. The molecule has 2 N–H and O–H groups in total. The van der Waals surface area contributed by atoms with Gasteiger partial charge in [-0.1, -0.05) is 0 Å². The van der Waals surface area contributed by atoms with Crippen molar-refractivity contribution in [1.29, 1.82) is 0 Å². The van der Waals surface area contributed by atoms with Crippen LogP contribution < -0.4 is 5.73 Å². The molecule has 0 aromatic carbocycles. The van der Waals surface area contributed by atoms with Crippen molar-refractivity contribution in [3.8, 4) is 0 Å². The predicted octanol–water partition coefficient (Wildman–Crippen LogP) is 0.224. The summed E-state index contributed by atoms with van der Waals surface area (Å²) in [6.45, 7) is 1.22. The highest BCUT2D eigenvalue weighted by atomic mass is 79.9. The first-order valence-corrected chi connectivity index (χ1v) is 2.52. The maximum atomic E-state index is 10.2. The number of imide groups is 1. The van der Waals surface area contributed by atoms with Gasteiger partial charge in [0.1, 0.15) is 0 Å². The Hall–Kier alpha value is -0.580. The van der Waals surface area contributed by atoms with E-state index in [-0.39, 0.29) is 0 Å². The van der Waals surface area contributed by atoms with Gasteiger partial charge in [0.2, 0.25) is 5.91 Å². The van der Waals surface area contributed by atoms with Gasteiger partial charge in [-0.25, -0.2) is 4.79 Å². The summed E-state index contributed by atoms with van der Waals surface area (Å²) in [6, 6.07) is -0.808. The Morgan fingerprint density at radius 3 is 2.00 bits per heavy atom. The molecule has 0 fully saturated rings. The molecule has 0 bridgehead atoms. The SMILES string of the molecule is CC(=O)N(Br)C(N)=O. The fourth-order valence-electron chi connectivity index (χ4n) is 0.155. The molecule has 0 atom stereocenters. The van der Waals surface area contributed by atoms with Gasteiger partial charge in [-0.15, -0.1) is 0 Å². The second-order valence-electron chi connectivity index (χ2n) is 1.14. The molecule has 0 unspecified atom stereocenters. The van der Waals surface area contributed by atoms with Crippen molar-refractivity contribution in [3.63, 3.8) is 0 Å². The van der Waals surface area contributed by atoms with Crippen LogP contribution in [0, 0.1) is 0 Å². The summed E-state index contributed by atoms with van der Waals surface area (Å²) >= 11 is 2.62. The zero-order valence-corrected chi connectivity index (χ0v) is 5.81. The van der Waals surface area contributed by atoms with Crippen LogP contribution in [0.3, 0.4) is 0 Å². The maximum Gasteiger partial charge on any atom is 0.331 e. The highest BCUT2D eigenvalue weighted by Gasteiger charge is 2.08. The lowest BCUT2D eigenvalue weighted by molar-refractivity contribution is -0.121. The van der Waals surface area contributed by atoms with E-state index in [1.54, 1.807) is 0 Å². The van der Waals surface area contributed by atoms with Gasteiger partial charge in [0, 0.05) is 6.92 Å². The van der Waals surface area contributed by atoms with Crippen molar-refractivity contribution in [3.05, 3.63) is 0 Å². The molecular formula is C3H5BrN2O2. The number of carbonyl (C=O) groups excluding carboxylic acids is 2. The summed E-state index contributed by atoms with van der Waals surface area (Å²) in [4.78, 5) is 20.2. The van der Waals surface area contributed by atoms with Crippen molar-refractivity contribution in [2.24, 2.45) is 5.73 Å². The molecule has 0 spiro atoms. The van der Waals surface area contributed by atoms with Crippen LogP contribution in [0.4, 0.5) is 4.79 Å². The zero-order valence-electron chi connectivity index (χ0n) is 4.22. The minimum Gasteiger partial charge on any atom is -0.350 e. The molecule has 0 aliphatic rings. The first-order valence-electron chi connectivity index (χ1n) is 1.81. The molecule has 0 heterocycles. The Morgan fingerprint density at radius 2 is 2.00 bits per heavy atom. The van der Waals surface area contributed by atoms with Gasteiger partial charge in [-0.2, -0.15) is 3.93 Å². The molecule has 0 aliphatic heterocycles. The van der Waals surface area contributed by atoms with Gasteiger partial charge in [-0.3, -0.25) is 4.79 Å². The molecule has 5 heteroatoms. The number of carbonyl (C=O) groups is 2. The van der Waals surface area contributed by atoms with Crippen LogP contribution in [-0.4, -0.2) is 15.9 Å². The molecule has 8 heavy (non-hydrogen) atoms. The van der Waals surface area contributed by atoms with E-state index >= 15 is 0 Å². The van der Waals surface area contributed by atoms with Crippen molar-refractivity contribution in [2.45, 2.75) is 6.92 Å².